The number of carbonyl (C=O) groups is 5. The quantitative estimate of drug-likeness (QED) is 0.0647. The van der Waals surface area contributed by atoms with Gasteiger partial charge in [0, 0.05) is 5.56 Å². The van der Waals surface area contributed by atoms with Gasteiger partial charge in [-0.2, -0.15) is 0 Å². The van der Waals surface area contributed by atoms with E-state index in [2.05, 4.69) is 10.6 Å². The molecular weight excluding hydrogens is 512 g/mol. The first-order chi connectivity index (χ1) is 18.6. The SMILES string of the molecule is CCCCCC(C(=O)NCNC(=O)c1ccc(-c2cc(OCC(N)=O)cc(C(=O)O)c2)o1)C(CC)N(O)C=O. The number of hydrogen-bond acceptors (Lipinski definition) is 8. The van der Waals surface area contributed by atoms with Crippen molar-refractivity contribution in [3.63, 3.8) is 0 Å². The van der Waals surface area contributed by atoms with E-state index in [0.29, 0.717) is 17.9 Å². The Morgan fingerprint density at radius 2 is 1.87 bits per heavy atom. The summed E-state index contributed by atoms with van der Waals surface area (Å²) in [5.41, 5.74) is 5.22. The number of hydrogen-bond donors (Lipinski definition) is 5. The molecule has 0 aliphatic rings. The number of carboxylic acid groups (broad SMARTS) is 1. The van der Waals surface area contributed by atoms with Crippen LogP contribution in [-0.2, 0) is 14.4 Å². The number of hydroxylamine groups is 2. The number of amides is 4. The van der Waals surface area contributed by atoms with Crippen LogP contribution in [0.3, 0.4) is 0 Å². The highest BCUT2D eigenvalue weighted by Gasteiger charge is 2.30. The molecule has 2 rings (SSSR count). The predicted octanol–water partition coefficient (Wildman–Crippen LogP) is 2.14. The average Bonchev–Trinajstić information content (AvgIpc) is 3.41. The van der Waals surface area contributed by atoms with Gasteiger partial charge in [0.05, 0.1) is 24.2 Å². The van der Waals surface area contributed by atoms with Gasteiger partial charge in [0.2, 0.25) is 12.3 Å². The number of carbonyl (C=O) groups excluding carboxylic acids is 4. The van der Waals surface area contributed by atoms with Crippen molar-refractivity contribution < 1.29 is 43.4 Å². The number of nitrogens with one attached hydrogen (secondary N) is 2. The molecule has 6 N–H and O–H groups in total. The zero-order valence-corrected chi connectivity index (χ0v) is 21.8. The molecule has 0 radical (unpaired) electrons. The molecule has 2 unspecified atom stereocenters. The molecule has 13 nitrogen and oxygen atoms in total. The van der Waals surface area contributed by atoms with E-state index in [-0.39, 0.29) is 41.5 Å². The van der Waals surface area contributed by atoms with Crippen molar-refractivity contribution in [1.82, 2.24) is 15.7 Å². The highest BCUT2D eigenvalue weighted by molar-refractivity contribution is 5.93. The van der Waals surface area contributed by atoms with Gasteiger partial charge in [0.15, 0.2) is 12.4 Å². The number of unbranched alkanes of at least 4 members (excludes halogenated alkanes) is 2. The summed E-state index contributed by atoms with van der Waals surface area (Å²) in [4.78, 5) is 59.0. The first-order valence-corrected chi connectivity index (χ1v) is 12.5. The second kappa shape index (κ2) is 15.1. The summed E-state index contributed by atoms with van der Waals surface area (Å²) in [6.07, 6.45) is 3.64. The highest BCUT2D eigenvalue weighted by atomic mass is 16.5. The molecule has 1 aromatic carbocycles. The van der Waals surface area contributed by atoms with Gasteiger partial charge in [-0.1, -0.05) is 33.1 Å². The molecule has 2 aromatic rings. The van der Waals surface area contributed by atoms with Crippen molar-refractivity contribution in [2.45, 2.75) is 52.0 Å². The molecule has 4 amide bonds. The fraction of sp³-hybridized carbons (Fsp3) is 0.423. The van der Waals surface area contributed by atoms with E-state index in [9.17, 15) is 34.3 Å². The minimum atomic E-state index is -1.24. The van der Waals surface area contributed by atoms with E-state index >= 15 is 0 Å². The van der Waals surface area contributed by atoms with Crippen LogP contribution in [0.1, 0.15) is 66.9 Å². The smallest absolute Gasteiger partial charge is 0.335 e. The van der Waals surface area contributed by atoms with E-state index in [1.807, 2.05) is 6.92 Å². The van der Waals surface area contributed by atoms with Gasteiger partial charge in [0.1, 0.15) is 11.5 Å². The third kappa shape index (κ3) is 9.14. The first kappa shape index (κ1) is 30.8. The summed E-state index contributed by atoms with van der Waals surface area (Å²) in [6.45, 7) is 3.09. The van der Waals surface area contributed by atoms with Crippen molar-refractivity contribution >= 4 is 30.1 Å². The van der Waals surface area contributed by atoms with Crippen molar-refractivity contribution in [2.24, 2.45) is 11.7 Å². The van der Waals surface area contributed by atoms with Crippen LogP contribution in [-0.4, -0.2) is 64.8 Å². The van der Waals surface area contributed by atoms with Gasteiger partial charge in [0.25, 0.3) is 11.8 Å². The average molecular weight is 547 g/mol. The minimum Gasteiger partial charge on any atom is -0.484 e. The number of aromatic carboxylic acids is 1. The van der Waals surface area contributed by atoms with E-state index in [1.165, 1.54) is 30.3 Å². The lowest BCUT2D eigenvalue weighted by atomic mass is 9.90. The largest absolute Gasteiger partial charge is 0.484 e. The predicted molar refractivity (Wildman–Crippen MR) is 138 cm³/mol. The van der Waals surface area contributed by atoms with Crippen molar-refractivity contribution in [2.75, 3.05) is 13.3 Å². The van der Waals surface area contributed by atoms with Gasteiger partial charge < -0.3 is 30.6 Å². The Kier molecular flexibility index (Phi) is 12.0. The fourth-order valence-electron chi connectivity index (χ4n) is 3.99. The molecule has 1 heterocycles. The summed E-state index contributed by atoms with van der Waals surface area (Å²) >= 11 is 0. The zero-order valence-electron chi connectivity index (χ0n) is 21.8. The Bertz CT molecular complexity index is 1160. The van der Waals surface area contributed by atoms with Crippen LogP contribution in [0.25, 0.3) is 11.3 Å². The van der Waals surface area contributed by atoms with Gasteiger partial charge in [-0.25, -0.2) is 9.86 Å². The van der Waals surface area contributed by atoms with E-state index in [1.54, 1.807) is 6.92 Å². The Hall–Kier alpha value is -4.39. The van der Waals surface area contributed by atoms with Gasteiger partial charge >= 0.3 is 5.97 Å². The number of nitrogens with two attached hydrogens (primary N) is 1. The molecule has 0 aliphatic carbocycles. The second-order valence-corrected chi connectivity index (χ2v) is 8.76. The van der Waals surface area contributed by atoms with Gasteiger partial charge in [-0.05, 0) is 43.2 Å². The van der Waals surface area contributed by atoms with Crippen LogP contribution < -0.4 is 21.1 Å². The molecule has 0 saturated heterocycles. The molecule has 0 fully saturated rings. The third-order valence-electron chi connectivity index (χ3n) is 5.95. The molecule has 0 bridgehead atoms. The zero-order chi connectivity index (χ0) is 28.9. The topological polar surface area (TPSA) is 201 Å². The summed E-state index contributed by atoms with van der Waals surface area (Å²) in [5, 5.41) is 24.9. The maximum atomic E-state index is 12.9. The number of nitrogens with zero attached hydrogens (tertiary/aromatic N) is 1. The number of ether oxygens (including phenoxy) is 1. The Labute approximate surface area is 225 Å². The molecule has 39 heavy (non-hydrogen) atoms. The lowest BCUT2D eigenvalue weighted by Gasteiger charge is -2.29. The monoisotopic (exact) mass is 546 g/mol. The molecular formula is C26H34N4O9. The van der Waals surface area contributed by atoms with Crippen LogP contribution in [0.2, 0.25) is 0 Å². The summed E-state index contributed by atoms with van der Waals surface area (Å²) in [5.74, 6) is -3.59. The van der Waals surface area contributed by atoms with Crippen molar-refractivity contribution in [3.8, 4) is 17.1 Å². The van der Waals surface area contributed by atoms with Gasteiger partial charge in [-0.3, -0.25) is 24.4 Å². The van der Waals surface area contributed by atoms with Crippen LogP contribution in [0, 0.1) is 5.92 Å². The maximum Gasteiger partial charge on any atom is 0.335 e. The van der Waals surface area contributed by atoms with Crippen LogP contribution >= 0.6 is 0 Å². The number of primary amides is 1. The molecule has 13 heteroatoms. The van der Waals surface area contributed by atoms with E-state index in [4.69, 9.17) is 14.9 Å². The van der Waals surface area contributed by atoms with Gasteiger partial charge in [-0.15, -0.1) is 0 Å². The third-order valence-corrected chi connectivity index (χ3v) is 5.95. The summed E-state index contributed by atoms with van der Waals surface area (Å²) in [6, 6.07) is 6.09. The second-order valence-electron chi connectivity index (χ2n) is 8.76. The van der Waals surface area contributed by atoms with E-state index < -0.39 is 42.3 Å². The molecule has 0 saturated carbocycles. The Balaban J connectivity index is 2.08. The van der Waals surface area contributed by atoms with Crippen molar-refractivity contribution in [1.29, 1.82) is 0 Å². The lowest BCUT2D eigenvalue weighted by molar-refractivity contribution is -0.168. The molecule has 212 valence electrons. The minimum absolute atomic E-state index is 0.0729. The molecule has 0 spiro atoms. The number of rotatable bonds is 17. The van der Waals surface area contributed by atoms with Crippen LogP contribution in [0.5, 0.6) is 5.75 Å². The normalized spacial score (nSPS) is 12.2. The van der Waals surface area contributed by atoms with E-state index in [0.717, 1.165) is 19.3 Å². The van der Waals surface area contributed by atoms with Crippen LogP contribution in [0.15, 0.2) is 34.7 Å². The lowest BCUT2D eigenvalue weighted by Crippen LogP contribution is -2.47. The van der Waals surface area contributed by atoms with Crippen molar-refractivity contribution in [3.05, 3.63) is 41.7 Å². The number of benzene rings is 1. The maximum absolute atomic E-state index is 12.9. The number of carboxylic acids is 1. The first-order valence-electron chi connectivity index (χ1n) is 12.5. The van der Waals surface area contributed by atoms with Crippen LogP contribution in [0.4, 0.5) is 0 Å². The molecule has 0 aliphatic heterocycles. The summed E-state index contributed by atoms with van der Waals surface area (Å²) < 4.78 is 10.8. The fourth-order valence-corrected chi connectivity index (χ4v) is 3.99. The Morgan fingerprint density at radius 3 is 2.49 bits per heavy atom. The molecule has 1 aromatic heterocycles. The summed E-state index contributed by atoms with van der Waals surface area (Å²) in [7, 11) is 0. The standard InChI is InChI=1S/C26H34N4O9/c1-3-5-6-7-19(20(4-2)30(37)15-31)24(33)28-14-29-25(34)22-9-8-21(39-22)16-10-17(26(35)36)12-18(11-16)38-13-23(27)32/h8-12,15,19-20,37H,3-7,13-14H2,1-2H3,(H2,27,32)(H,28,33)(H,29,34)(H,35,36). The molecule has 2 atom stereocenters. The highest BCUT2D eigenvalue weighted by Crippen LogP contribution is 2.28. The number of furan rings is 1. The Morgan fingerprint density at radius 1 is 1.13 bits per heavy atom.